The van der Waals surface area contributed by atoms with Crippen LogP contribution in [0, 0.1) is 63.0 Å². The molecule has 0 amide bonds. The lowest BCUT2D eigenvalue weighted by Gasteiger charge is -2.20. The SMILES string of the molecule is Cc1cc([S+](c2ccccc2)c2cc(C)c(OCC(=O)OC(C)(C)C#Cc3cccc(F)c3)c(C)c2)cc(C)c1OCC(=O)OC(C)(C)C#Cc1cccc(F)c1. The molecule has 0 spiro atoms. The fourth-order valence-corrected chi connectivity index (χ4v) is 8.42. The van der Waals surface area contributed by atoms with Crippen LogP contribution >= 0.6 is 0 Å². The molecule has 0 bridgehead atoms. The van der Waals surface area contributed by atoms with Crippen LogP contribution in [0.1, 0.15) is 61.1 Å². The van der Waals surface area contributed by atoms with Gasteiger partial charge in [0.2, 0.25) is 0 Å². The summed E-state index contributed by atoms with van der Waals surface area (Å²) in [6.07, 6.45) is 0. The van der Waals surface area contributed by atoms with Crippen molar-refractivity contribution in [3.8, 4) is 35.2 Å². The van der Waals surface area contributed by atoms with Crippen LogP contribution in [-0.2, 0) is 30.0 Å². The van der Waals surface area contributed by atoms with Gasteiger partial charge >= 0.3 is 11.9 Å². The Kier molecular flexibility index (Phi) is 13.5. The third-order valence-electron chi connectivity index (χ3n) is 8.39. The van der Waals surface area contributed by atoms with Crippen LogP contribution in [0.5, 0.6) is 11.5 Å². The highest BCUT2D eigenvalue weighted by molar-refractivity contribution is 7.97. The first kappa shape index (κ1) is 42.1. The van der Waals surface area contributed by atoms with Gasteiger partial charge in [-0.1, -0.05) is 54.0 Å². The predicted molar refractivity (Wildman–Crippen MR) is 218 cm³/mol. The Morgan fingerprint density at radius 3 is 1.30 bits per heavy atom. The van der Waals surface area contributed by atoms with Crippen molar-refractivity contribution in [2.24, 2.45) is 0 Å². The molecule has 5 aromatic rings. The van der Waals surface area contributed by atoms with Gasteiger partial charge in [-0.15, -0.1) is 0 Å². The highest BCUT2D eigenvalue weighted by Gasteiger charge is 2.32. The summed E-state index contributed by atoms with van der Waals surface area (Å²) in [4.78, 5) is 28.9. The fraction of sp³-hybridized carbons (Fsp3) is 0.250. The largest absolute Gasteiger partial charge is 0.481 e. The van der Waals surface area contributed by atoms with E-state index >= 15 is 0 Å². The minimum atomic E-state index is -1.12. The maximum absolute atomic E-state index is 13.6. The predicted octanol–water partition coefficient (Wildman–Crippen LogP) is 9.80. The van der Waals surface area contributed by atoms with Gasteiger partial charge in [0.25, 0.3) is 0 Å². The van der Waals surface area contributed by atoms with Crippen molar-refractivity contribution in [3.05, 3.63) is 148 Å². The second-order valence-electron chi connectivity index (χ2n) is 14.5. The van der Waals surface area contributed by atoms with Crippen molar-refractivity contribution in [2.45, 2.75) is 81.3 Å². The molecule has 0 aliphatic carbocycles. The molecule has 0 radical (unpaired) electrons. The molecule has 0 saturated heterocycles. The first-order chi connectivity index (χ1) is 27.0. The number of benzene rings is 5. The summed E-state index contributed by atoms with van der Waals surface area (Å²) < 4.78 is 50.4. The Bertz CT molecular complexity index is 2200. The summed E-state index contributed by atoms with van der Waals surface area (Å²) in [7, 11) is -0.536. The number of rotatable bonds is 11. The smallest absolute Gasteiger partial charge is 0.345 e. The van der Waals surface area contributed by atoms with Crippen molar-refractivity contribution in [3.63, 3.8) is 0 Å². The van der Waals surface area contributed by atoms with E-state index < -0.39 is 45.7 Å². The Morgan fingerprint density at radius 2 is 0.930 bits per heavy atom. The van der Waals surface area contributed by atoms with Gasteiger partial charge in [0.05, 0.1) is 10.9 Å². The molecule has 57 heavy (non-hydrogen) atoms. The van der Waals surface area contributed by atoms with Crippen LogP contribution in [0.4, 0.5) is 8.78 Å². The second kappa shape index (κ2) is 18.3. The van der Waals surface area contributed by atoms with Crippen LogP contribution in [0.2, 0.25) is 0 Å². The van der Waals surface area contributed by atoms with Crippen LogP contribution in [0.15, 0.2) is 118 Å². The standard InChI is InChI=1S/C48H45F2O6S/c1-32-24-41(25-33(2)45(32)53-30-43(51)55-47(5,6)22-20-36-14-12-16-38(49)28-36)57(40-18-10-9-11-19-40)42-26-34(3)46(35(4)27-42)54-31-44(52)56-48(7,8)23-21-37-15-13-17-39(50)29-37/h9-19,24-29H,30-31H2,1-8H3/q+1. The van der Waals surface area contributed by atoms with E-state index in [1.54, 1.807) is 52.0 Å². The summed E-state index contributed by atoms with van der Waals surface area (Å²) in [5.41, 5.74) is 2.14. The maximum atomic E-state index is 13.6. The summed E-state index contributed by atoms with van der Waals surface area (Å²) in [5.74, 6) is 10.7. The first-order valence-corrected chi connectivity index (χ1v) is 19.5. The topological polar surface area (TPSA) is 71.1 Å². The Morgan fingerprint density at radius 1 is 0.544 bits per heavy atom. The van der Waals surface area contributed by atoms with E-state index in [1.807, 2.05) is 45.9 Å². The molecule has 5 rings (SSSR count). The molecule has 0 saturated carbocycles. The van der Waals surface area contributed by atoms with Gasteiger partial charge in [-0.3, -0.25) is 0 Å². The van der Waals surface area contributed by atoms with E-state index in [-0.39, 0.29) is 13.2 Å². The molecule has 6 nitrogen and oxygen atoms in total. The molecular weight excluding hydrogens is 743 g/mol. The lowest BCUT2D eigenvalue weighted by molar-refractivity contribution is -0.155. The highest BCUT2D eigenvalue weighted by Crippen LogP contribution is 2.38. The number of hydrogen-bond acceptors (Lipinski definition) is 6. The van der Waals surface area contributed by atoms with Gasteiger partial charge in [0, 0.05) is 35.4 Å². The summed E-state index contributed by atoms with van der Waals surface area (Å²) in [5, 5.41) is 0. The third kappa shape index (κ3) is 12.0. The van der Waals surface area contributed by atoms with E-state index in [1.165, 1.54) is 24.3 Å². The van der Waals surface area contributed by atoms with Crippen molar-refractivity contribution in [1.82, 2.24) is 0 Å². The van der Waals surface area contributed by atoms with Gasteiger partial charge in [-0.25, -0.2) is 18.4 Å². The van der Waals surface area contributed by atoms with E-state index in [4.69, 9.17) is 18.9 Å². The summed E-state index contributed by atoms with van der Waals surface area (Å²) in [6, 6.07) is 30.3. The maximum Gasteiger partial charge on any atom is 0.345 e. The molecule has 0 unspecified atom stereocenters. The van der Waals surface area contributed by atoms with Gasteiger partial charge < -0.3 is 18.9 Å². The molecule has 292 valence electrons. The number of esters is 2. The number of aryl methyl sites for hydroxylation is 4. The first-order valence-electron chi connectivity index (χ1n) is 18.3. The molecule has 0 N–H and O–H groups in total. The zero-order valence-electron chi connectivity index (χ0n) is 33.3. The molecule has 0 heterocycles. The molecule has 0 atom stereocenters. The highest BCUT2D eigenvalue weighted by atomic mass is 32.2. The van der Waals surface area contributed by atoms with Crippen LogP contribution in [0.3, 0.4) is 0 Å². The number of carbonyl (C=O) groups is 2. The van der Waals surface area contributed by atoms with Crippen molar-refractivity contribution < 1.29 is 37.3 Å². The van der Waals surface area contributed by atoms with Gasteiger partial charge in [0.1, 0.15) is 23.1 Å². The van der Waals surface area contributed by atoms with E-state index in [9.17, 15) is 18.4 Å². The molecule has 0 aliphatic rings. The van der Waals surface area contributed by atoms with Crippen molar-refractivity contribution in [2.75, 3.05) is 13.2 Å². The molecule has 5 aromatic carbocycles. The zero-order valence-corrected chi connectivity index (χ0v) is 34.2. The molecule has 0 aliphatic heterocycles. The number of halogens is 2. The monoisotopic (exact) mass is 787 g/mol. The summed E-state index contributed by atoms with van der Waals surface area (Å²) in [6.45, 7) is 13.8. The second-order valence-corrected chi connectivity index (χ2v) is 16.5. The van der Waals surface area contributed by atoms with Gasteiger partial charge in [-0.2, -0.15) is 0 Å². The van der Waals surface area contributed by atoms with E-state index in [2.05, 4.69) is 60.1 Å². The van der Waals surface area contributed by atoms with Gasteiger partial charge in [-0.05, 0) is 126 Å². The molecule has 0 aromatic heterocycles. The number of carbonyl (C=O) groups excluding carboxylic acids is 2. The number of hydrogen-bond donors (Lipinski definition) is 0. The number of ether oxygens (including phenoxy) is 4. The Hall–Kier alpha value is -6.03. The van der Waals surface area contributed by atoms with E-state index in [0.717, 1.165) is 36.9 Å². The van der Waals surface area contributed by atoms with Crippen LogP contribution < -0.4 is 9.47 Å². The average molecular weight is 788 g/mol. The minimum absolute atomic E-state index is 0.316. The van der Waals surface area contributed by atoms with E-state index in [0.29, 0.717) is 22.6 Å². The third-order valence-corrected chi connectivity index (χ3v) is 10.5. The minimum Gasteiger partial charge on any atom is -0.481 e. The Balaban J connectivity index is 1.30. The molecule has 9 heteroatoms. The zero-order chi connectivity index (χ0) is 41.3. The lowest BCUT2D eigenvalue weighted by atomic mass is 10.1. The Labute approximate surface area is 336 Å². The van der Waals surface area contributed by atoms with Gasteiger partial charge in [0.15, 0.2) is 39.1 Å². The van der Waals surface area contributed by atoms with Crippen molar-refractivity contribution >= 4 is 22.8 Å². The average Bonchev–Trinajstić information content (AvgIpc) is 3.13. The normalized spacial score (nSPS) is 11.1. The fourth-order valence-electron chi connectivity index (χ4n) is 6.00. The molecule has 0 fully saturated rings. The van der Waals surface area contributed by atoms with Crippen LogP contribution in [-0.4, -0.2) is 36.4 Å². The summed E-state index contributed by atoms with van der Waals surface area (Å²) >= 11 is 0. The van der Waals surface area contributed by atoms with Crippen LogP contribution in [0.25, 0.3) is 0 Å². The lowest BCUT2D eigenvalue weighted by Crippen LogP contribution is -2.29. The quantitative estimate of drug-likeness (QED) is 0.0755. The van der Waals surface area contributed by atoms with Crippen molar-refractivity contribution in [1.29, 1.82) is 0 Å². The molecular formula is C48H45F2O6S+.